The molecular formula is C50H33N. The molecule has 0 heterocycles. The van der Waals surface area contributed by atoms with E-state index in [1.807, 2.05) is 0 Å². The van der Waals surface area contributed by atoms with Crippen LogP contribution in [0, 0.1) is 0 Å². The molecule has 1 heteroatoms. The molecular weight excluding hydrogens is 615 g/mol. The van der Waals surface area contributed by atoms with Crippen LogP contribution in [0.5, 0.6) is 0 Å². The molecule has 51 heavy (non-hydrogen) atoms. The van der Waals surface area contributed by atoms with Crippen molar-refractivity contribution in [2.75, 3.05) is 4.90 Å². The fourth-order valence-electron chi connectivity index (χ4n) is 8.08. The van der Waals surface area contributed by atoms with Crippen LogP contribution in [-0.4, -0.2) is 0 Å². The summed E-state index contributed by atoms with van der Waals surface area (Å²) in [6, 6.07) is 73.1. The first-order valence-corrected chi connectivity index (χ1v) is 17.6. The van der Waals surface area contributed by atoms with E-state index in [4.69, 9.17) is 0 Å². The SMILES string of the molecule is c1ccc(-c2ccccc2N(c2cccc(-c3cc4ccccc4c4c3ccc3ccccc34)c2)c2cc3ccccc3c3ccccc23)cc1. The maximum atomic E-state index is 2.47. The maximum absolute atomic E-state index is 2.47. The highest BCUT2D eigenvalue weighted by Crippen LogP contribution is 2.47. The molecule has 0 unspecified atom stereocenters. The summed E-state index contributed by atoms with van der Waals surface area (Å²) in [4.78, 5) is 2.47. The van der Waals surface area contributed by atoms with Gasteiger partial charge in [0.1, 0.15) is 0 Å². The Hall–Kier alpha value is -6.70. The van der Waals surface area contributed by atoms with E-state index in [2.05, 4.69) is 205 Å². The number of nitrogens with zero attached hydrogens (tertiary/aromatic N) is 1. The Labute approximate surface area is 297 Å². The Bertz CT molecular complexity index is 2910. The Balaban J connectivity index is 1.27. The first-order chi connectivity index (χ1) is 25.3. The highest BCUT2D eigenvalue weighted by Gasteiger charge is 2.21. The van der Waals surface area contributed by atoms with Crippen LogP contribution >= 0.6 is 0 Å². The predicted molar refractivity (Wildman–Crippen MR) is 220 cm³/mol. The fraction of sp³-hybridized carbons (Fsp3) is 0. The molecule has 10 aromatic carbocycles. The predicted octanol–water partition coefficient (Wildman–Crippen LogP) is 14.3. The first-order valence-electron chi connectivity index (χ1n) is 17.6. The zero-order valence-electron chi connectivity index (χ0n) is 28.0. The van der Waals surface area contributed by atoms with E-state index >= 15 is 0 Å². The van der Waals surface area contributed by atoms with Gasteiger partial charge in [0.25, 0.3) is 0 Å². The smallest absolute Gasteiger partial charge is 0.0546 e. The quantitative estimate of drug-likeness (QED) is 0.168. The van der Waals surface area contributed by atoms with Crippen LogP contribution in [-0.2, 0) is 0 Å². The average Bonchev–Trinajstić information content (AvgIpc) is 3.21. The molecule has 0 aliphatic rings. The molecule has 0 saturated heterocycles. The third kappa shape index (κ3) is 4.86. The van der Waals surface area contributed by atoms with Crippen molar-refractivity contribution in [3.63, 3.8) is 0 Å². The lowest BCUT2D eigenvalue weighted by atomic mass is 9.90. The number of fused-ring (bicyclic) bond motifs is 8. The van der Waals surface area contributed by atoms with Crippen LogP contribution in [0.15, 0.2) is 200 Å². The molecule has 0 spiro atoms. The van der Waals surface area contributed by atoms with Gasteiger partial charge in [-0.05, 0) is 95.5 Å². The highest BCUT2D eigenvalue weighted by atomic mass is 15.1. The lowest BCUT2D eigenvalue weighted by molar-refractivity contribution is 1.30. The molecule has 0 radical (unpaired) electrons. The van der Waals surface area contributed by atoms with Crippen molar-refractivity contribution in [1.29, 1.82) is 0 Å². The van der Waals surface area contributed by atoms with Crippen molar-refractivity contribution in [1.82, 2.24) is 0 Å². The molecule has 0 bridgehead atoms. The lowest BCUT2D eigenvalue weighted by Crippen LogP contribution is -2.12. The second kappa shape index (κ2) is 12.0. The zero-order chi connectivity index (χ0) is 33.7. The van der Waals surface area contributed by atoms with Gasteiger partial charge in [0, 0.05) is 16.6 Å². The molecule has 0 aliphatic carbocycles. The van der Waals surface area contributed by atoms with Gasteiger partial charge in [0.15, 0.2) is 0 Å². The summed E-state index contributed by atoms with van der Waals surface area (Å²) in [5, 5.41) is 12.6. The van der Waals surface area contributed by atoms with Crippen LogP contribution in [0.3, 0.4) is 0 Å². The average molecular weight is 648 g/mol. The number of hydrogen-bond donors (Lipinski definition) is 0. The highest BCUT2D eigenvalue weighted by molar-refractivity contribution is 6.24. The summed E-state index contributed by atoms with van der Waals surface area (Å²) in [7, 11) is 0. The standard InChI is InChI=1S/C50H33N/c1-2-15-34(16-3-1)41-23-12-13-28-48(41)51(49-33-38-19-5-7-22-40(38)44-26-10-11-27-45(44)49)39-21-14-20-36(31-39)47-32-37-18-6-9-25-43(37)50-42-24-8-4-17-35(42)29-30-46(47)50/h1-33H. The summed E-state index contributed by atoms with van der Waals surface area (Å²) >= 11 is 0. The minimum Gasteiger partial charge on any atom is -0.309 e. The van der Waals surface area contributed by atoms with Gasteiger partial charge in [-0.1, -0.05) is 170 Å². The Kier molecular flexibility index (Phi) is 6.89. The van der Waals surface area contributed by atoms with Crippen molar-refractivity contribution in [3.8, 4) is 22.3 Å². The summed E-state index contributed by atoms with van der Waals surface area (Å²) < 4.78 is 0. The monoisotopic (exact) mass is 647 g/mol. The van der Waals surface area contributed by atoms with Gasteiger partial charge in [-0.25, -0.2) is 0 Å². The minimum absolute atomic E-state index is 1.11. The molecule has 1 nitrogen and oxygen atoms in total. The summed E-state index contributed by atoms with van der Waals surface area (Å²) in [6.45, 7) is 0. The van der Waals surface area contributed by atoms with Gasteiger partial charge in [0.05, 0.1) is 11.4 Å². The molecule has 10 aromatic rings. The fourth-order valence-corrected chi connectivity index (χ4v) is 8.08. The Morgan fingerprint density at radius 2 is 0.863 bits per heavy atom. The van der Waals surface area contributed by atoms with Crippen LogP contribution < -0.4 is 4.90 Å². The Morgan fingerprint density at radius 3 is 1.67 bits per heavy atom. The number of benzene rings is 10. The van der Waals surface area contributed by atoms with Crippen molar-refractivity contribution < 1.29 is 0 Å². The second-order valence-electron chi connectivity index (χ2n) is 13.3. The second-order valence-corrected chi connectivity index (χ2v) is 13.3. The molecule has 238 valence electrons. The zero-order valence-corrected chi connectivity index (χ0v) is 28.0. The van der Waals surface area contributed by atoms with E-state index in [1.54, 1.807) is 0 Å². The van der Waals surface area contributed by atoms with Gasteiger partial charge in [0.2, 0.25) is 0 Å². The van der Waals surface area contributed by atoms with Crippen LogP contribution in [0.1, 0.15) is 0 Å². The van der Waals surface area contributed by atoms with Gasteiger partial charge >= 0.3 is 0 Å². The van der Waals surface area contributed by atoms with E-state index in [-0.39, 0.29) is 0 Å². The van der Waals surface area contributed by atoms with Gasteiger partial charge < -0.3 is 4.90 Å². The number of anilines is 3. The van der Waals surface area contributed by atoms with Gasteiger partial charge in [-0.15, -0.1) is 0 Å². The third-order valence-electron chi connectivity index (χ3n) is 10.4. The maximum Gasteiger partial charge on any atom is 0.0546 e. The Morgan fingerprint density at radius 1 is 0.275 bits per heavy atom. The molecule has 0 aromatic heterocycles. The van der Waals surface area contributed by atoms with Gasteiger partial charge in [-0.3, -0.25) is 0 Å². The van der Waals surface area contributed by atoms with E-state index in [9.17, 15) is 0 Å². The number of rotatable bonds is 5. The van der Waals surface area contributed by atoms with Crippen LogP contribution in [0.4, 0.5) is 17.1 Å². The lowest BCUT2D eigenvalue weighted by Gasteiger charge is -2.30. The molecule has 10 rings (SSSR count). The van der Waals surface area contributed by atoms with Crippen molar-refractivity contribution in [2.24, 2.45) is 0 Å². The minimum atomic E-state index is 1.11. The van der Waals surface area contributed by atoms with Gasteiger partial charge in [-0.2, -0.15) is 0 Å². The van der Waals surface area contributed by atoms with E-state index in [0.717, 1.165) is 17.1 Å². The third-order valence-corrected chi connectivity index (χ3v) is 10.4. The van der Waals surface area contributed by atoms with Crippen molar-refractivity contribution in [3.05, 3.63) is 200 Å². The van der Waals surface area contributed by atoms with Crippen molar-refractivity contribution in [2.45, 2.75) is 0 Å². The molecule has 0 amide bonds. The molecule has 0 aliphatic heterocycles. The molecule has 0 atom stereocenters. The summed E-state index contributed by atoms with van der Waals surface area (Å²) in [5.74, 6) is 0. The van der Waals surface area contributed by atoms with Crippen LogP contribution in [0.2, 0.25) is 0 Å². The largest absolute Gasteiger partial charge is 0.309 e. The van der Waals surface area contributed by atoms with E-state index in [0.29, 0.717) is 0 Å². The first kappa shape index (κ1) is 29.2. The normalized spacial score (nSPS) is 11.5. The molecule has 0 fully saturated rings. The molecule has 0 N–H and O–H groups in total. The summed E-state index contributed by atoms with van der Waals surface area (Å²) in [5.41, 5.74) is 8.19. The van der Waals surface area contributed by atoms with E-state index in [1.165, 1.54) is 76.1 Å². The molecule has 0 saturated carbocycles. The van der Waals surface area contributed by atoms with Crippen LogP contribution in [0.25, 0.3) is 76.1 Å². The van der Waals surface area contributed by atoms with Crippen molar-refractivity contribution >= 4 is 70.9 Å². The number of hydrogen-bond acceptors (Lipinski definition) is 1. The topological polar surface area (TPSA) is 3.24 Å². The summed E-state index contributed by atoms with van der Waals surface area (Å²) in [6.07, 6.45) is 0. The van der Waals surface area contributed by atoms with E-state index < -0.39 is 0 Å². The number of para-hydroxylation sites is 1.